The monoisotopic (exact) mass is 818 g/mol. The van der Waals surface area contributed by atoms with Gasteiger partial charge in [0.2, 0.25) is 0 Å². The number of rotatable bonds is 8. The van der Waals surface area contributed by atoms with Crippen LogP contribution < -0.4 is 20.7 Å². The molecule has 0 spiro atoms. The summed E-state index contributed by atoms with van der Waals surface area (Å²) in [4.78, 5) is 0. The minimum atomic E-state index is -2.96. The van der Waals surface area contributed by atoms with Gasteiger partial charge in [-0.2, -0.15) is 0 Å². The van der Waals surface area contributed by atoms with E-state index in [0.717, 1.165) is 5.69 Å². The Hall–Kier alpha value is -7.98. The Labute approximate surface area is 368 Å². The number of hydrogen-bond donors (Lipinski definition) is 0. The van der Waals surface area contributed by atoms with Crippen molar-refractivity contribution in [1.82, 2.24) is 9.13 Å². The molecule has 12 aromatic rings. The van der Waals surface area contributed by atoms with Crippen LogP contribution in [0.1, 0.15) is 0 Å². The summed E-state index contributed by atoms with van der Waals surface area (Å²) in [5.41, 5.74) is 11.8. The highest BCUT2D eigenvalue weighted by Crippen LogP contribution is 2.45. The summed E-state index contributed by atoms with van der Waals surface area (Å²) >= 11 is 0. The van der Waals surface area contributed by atoms with Crippen LogP contribution in [-0.2, 0) is 0 Å². The second-order valence-corrected chi connectivity index (χ2v) is 20.2. The molecular weight excluding hydrogens is 777 g/mol. The van der Waals surface area contributed by atoms with Crippen molar-refractivity contribution in [2.75, 3.05) is 0 Å². The van der Waals surface area contributed by atoms with Crippen LogP contribution in [0.5, 0.6) is 0 Å². The van der Waals surface area contributed by atoms with Gasteiger partial charge in [-0.15, -0.1) is 0 Å². The normalized spacial score (nSPS) is 11.8. The standard InChI is InChI=1S/C60H42N2Si/c1-7-23-43(24-8-1)53-41-49(63(46-29-13-4-14-30-46,47-31-15-5-16-32-47)48-33-17-6-18-34-48)42-54(44-25-9-2-10-26-44)59(53)62-56-38-22-20-36-52(56)58-57(62)40-39-51-50-35-19-21-37-55(50)61(60(51)58)45-27-11-3-12-28-45/h1-42H. The maximum Gasteiger partial charge on any atom is 0.179 e. The number of benzene rings is 10. The summed E-state index contributed by atoms with van der Waals surface area (Å²) in [6.07, 6.45) is 0. The summed E-state index contributed by atoms with van der Waals surface area (Å²) in [5, 5.41) is 10.3. The second-order valence-electron chi connectivity index (χ2n) is 16.4. The first-order valence-corrected chi connectivity index (χ1v) is 23.8. The molecule has 0 N–H and O–H groups in total. The van der Waals surface area contributed by atoms with Gasteiger partial charge in [-0.25, -0.2) is 0 Å². The third-order valence-electron chi connectivity index (χ3n) is 13.0. The highest BCUT2D eigenvalue weighted by Gasteiger charge is 2.42. The Kier molecular flexibility index (Phi) is 8.87. The maximum absolute atomic E-state index is 2.96. The van der Waals surface area contributed by atoms with Crippen molar-refractivity contribution in [3.8, 4) is 33.6 Å². The van der Waals surface area contributed by atoms with E-state index in [1.165, 1.54) is 92.3 Å². The van der Waals surface area contributed by atoms with Gasteiger partial charge in [-0.3, -0.25) is 0 Å². The van der Waals surface area contributed by atoms with Gasteiger partial charge >= 0.3 is 0 Å². The molecule has 296 valence electrons. The van der Waals surface area contributed by atoms with E-state index in [-0.39, 0.29) is 0 Å². The minimum absolute atomic E-state index is 1.15. The largest absolute Gasteiger partial charge is 0.309 e. The third kappa shape index (κ3) is 5.78. The fourth-order valence-corrected chi connectivity index (χ4v) is 15.2. The van der Waals surface area contributed by atoms with Gasteiger partial charge in [0.1, 0.15) is 0 Å². The highest BCUT2D eigenvalue weighted by atomic mass is 28.3. The van der Waals surface area contributed by atoms with Crippen LogP contribution in [0.4, 0.5) is 0 Å². The molecule has 0 bridgehead atoms. The van der Waals surface area contributed by atoms with E-state index >= 15 is 0 Å². The molecule has 0 radical (unpaired) electrons. The van der Waals surface area contributed by atoms with Crippen molar-refractivity contribution in [2.24, 2.45) is 0 Å². The average Bonchev–Trinajstić information content (AvgIpc) is 3.89. The van der Waals surface area contributed by atoms with Gasteiger partial charge in [-0.1, -0.05) is 224 Å². The summed E-state index contributed by atoms with van der Waals surface area (Å²) in [5.74, 6) is 0. The molecule has 0 aliphatic rings. The van der Waals surface area contributed by atoms with Crippen molar-refractivity contribution >= 4 is 72.4 Å². The molecular formula is C60H42N2Si. The molecule has 0 aliphatic heterocycles. The molecule has 2 heterocycles. The maximum atomic E-state index is 2.57. The van der Waals surface area contributed by atoms with Crippen molar-refractivity contribution < 1.29 is 0 Å². The first-order valence-electron chi connectivity index (χ1n) is 21.8. The van der Waals surface area contributed by atoms with Crippen LogP contribution in [0, 0.1) is 0 Å². The zero-order valence-electron chi connectivity index (χ0n) is 34.6. The van der Waals surface area contributed by atoms with Crippen molar-refractivity contribution in [3.05, 3.63) is 255 Å². The summed E-state index contributed by atoms with van der Waals surface area (Å²) in [6.45, 7) is 0. The molecule has 0 atom stereocenters. The topological polar surface area (TPSA) is 9.86 Å². The van der Waals surface area contributed by atoms with E-state index < -0.39 is 8.07 Å². The van der Waals surface area contributed by atoms with Gasteiger partial charge in [0.25, 0.3) is 0 Å². The molecule has 3 heteroatoms. The molecule has 0 fully saturated rings. The van der Waals surface area contributed by atoms with Crippen molar-refractivity contribution in [2.45, 2.75) is 0 Å². The zero-order chi connectivity index (χ0) is 41.7. The lowest BCUT2D eigenvalue weighted by Gasteiger charge is -2.36. The molecule has 0 saturated heterocycles. The first kappa shape index (κ1) is 36.8. The van der Waals surface area contributed by atoms with Crippen molar-refractivity contribution in [3.63, 3.8) is 0 Å². The van der Waals surface area contributed by atoms with E-state index in [1.54, 1.807) is 0 Å². The molecule has 0 unspecified atom stereocenters. The Bertz CT molecular complexity index is 3420. The Morgan fingerprint density at radius 3 is 1.21 bits per heavy atom. The molecule has 63 heavy (non-hydrogen) atoms. The van der Waals surface area contributed by atoms with E-state index in [1.807, 2.05) is 0 Å². The second kappa shape index (κ2) is 15.2. The predicted octanol–water partition coefficient (Wildman–Crippen LogP) is 12.6. The SMILES string of the molecule is c1ccc(-c2cc([Si](c3ccccc3)(c3ccccc3)c3ccccc3)cc(-c3ccccc3)c2-n2c3ccccc3c3c2ccc2c4ccccc4n(-c4ccccc4)c23)cc1. The Morgan fingerprint density at radius 2 is 0.698 bits per heavy atom. The van der Waals surface area contributed by atoms with Gasteiger partial charge < -0.3 is 9.13 Å². The van der Waals surface area contributed by atoms with Crippen LogP contribution >= 0.6 is 0 Å². The number of nitrogens with zero attached hydrogens (tertiary/aromatic N) is 2. The van der Waals surface area contributed by atoms with Crippen LogP contribution in [0.3, 0.4) is 0 Å². The van der Waals surface area contributed by atoms with E-state index in [2.05, 4.69) is 264 Å². The molecule has 2 nitrogen and oxygen atoms in total. The van der Waals surface area contributed by atoms with Crippen LogP contribution in [0.2, 0.25) is 0 Å². The zero-order valence-corrected chi connectivity index (χ0v) is 35.6. The van der Waals surface area contributed by atoms with Crippen molar-refractivity contribution in [1.29, 1.82) is 0 Å². The molecule has 0 saturated carbocycles. The average molecular weight is 819 g/mol. The van der Waals surface area contributed by atoms with Gasteiger partial charge in [0.05, 0.1) is 27.8 Å². The van der Waals surface area contributed by atoms with Gasteiger partial charge in [0, 0.05) is 38.4 Å². The molecule has 10 aromatic carbocycles. The summed E-state index contributed by atoms with van der Waals surface area (Å²) in [7, 11) is -2.96. The molecule has 2 aromatic heterocycles. The number of aromatic nitrogens is 2. The van der Waals surface area contributed by atoms with E-state index in [9.17, 15) is 0 Å². The summed E-state index contributed by atoms with van der Waals surface area (Å²) < 4.78 is 5.05. The minimum Gasteiger partial charge on any atom is -0.309 e. The number of hydrogen-bond acceptors (Lipinski definition) is 0. The highest BCUT2D eigenvalue weighted by molar-refractivity contribution is 7.20. The van der Waals surface area contributed by atoms with Gasteiger partial charge in [-0.05, 0) is 62.2 Å². The smallest absolute Gasteiger partial charge is 0.179 e. The molecule has 0 aliphatic carbocycles. The fourth-order valence-electron chi connectivity index (χ4n) is 10.4. The number of fused-ring (bicyclic) bond motifs is 7. The van der Waals surface area contributed by atoms with E-state index in [0.29, 0.717) is 0 Å². The Morgan fingerprint density at radius 1 is 0.286 bits per heavy atom. The third-order valence-corrected chi connectivity index (χ3v) is 17.8. The lowest BCUT2D eigenvalue weighted by atomic mass is 9.95. The van der Waals surface area contributed by atoms with Crippen LogP contribution in [0.25, 0.3) is 77.2 Å². The first-order chi connectivity index (χ1) is 31.3. The Balaban J connectivity index is 1.29. The number of para-hydroxylation sites is 3. The summed E-state index contributed by atoms with van der Waals surface area (Å²) in [6, 6.07) is 94.5. The van der Waals surface area contributed by atoms with Crippen LogP contribution in [0.15, 0.2) is 255 Å². The lowest BCUT2D eigenvalue weighted by molar-refractivity contribution is 1.18. The van der Waals surface area contributed by atoms with Gasteiger partial charge in [0.15, 0.2) is 8.07 Å². The lowest BCUT2D eigenvalue weighted by Crippen LogP contribution is -2.74. The molecule has 12 rings (SSSR count). The predicted molar refractivity (Wildman–Crippen MR) is 270 cm³/mol. The fraction of sp³-hybridized carbons (Fsp3) is 0. The molecule has 0 amide bonds. The van der Waals surface area contributed by atoms with Crippen LogP contribution in [-0.4, -0.2) is 17.2 Å². The quantitative estimate of drug-likeness (QED) is 0.107. The van der Waals surface area contributed by atoms with E-state index in [4.69, 9.17) is 0 Å².